The zero-order chi connectivity index (χ0) is 22.6. The molecule has 0 saturated heterocycles. The number of rotatable bonds is 6. The smallest absolute Gasteiger partial charge is 0.246 e. The van der Waals surface area contributed by atoms with Gasteiger partial charge in [0.05, 0.1) is 10.7 Å². The first-order valence-corrected chi connectivity index (χ1v) is 11.8. The molecule has 0 unspecified atom stereocenters. The van der Waals surface area contributed by atoms with Crippen LogP contribution in [0.25, 0.3) is 22.7 Å². The average Bonchev–Trinajstić information content (AvgIpc) is 3.48. The van der Waals surface area contributed by atoms with E-state index in [0.717, 1.165) is 39.5 Å². The molecule has 7 heteroatoms. The number of pyridine rings is 1. The molecule has 4 heterocycles. The summed E-state index contributed by atoms with van der Waals surface area (Å²) in [5.41, 5.74) is 5.09. The average molecular weight is 457 g/mol. The van der Waals surface area contributed by atoms with Crippen LogP contribution in [0, 0.1) is 6.92 Å². The van der Waals surface area contributed by atoms with E-state index in [1.165, 1.54) is 11.1 Å². The van der Waals surface area contributed by atoms with Crippen molar-refractivity contribution in [1.82, 2.24) is 19.9 Å². The number of carbonyl (C=O) groups excluding carboxylic acids is 1. The van der Waals surface area contributed by atoms with Gasteiger partial charge < -0.3 is 14.6 Å². The number of nitrogens with one attached hydrogen (secondary N) is 1. The van der Waals surface area contributed by atoms with Gasteiger partial charge in [-0.05, 0) is 43.2 Å². The van der Waals surface area contributed by atoms with Gasteiger partial charge >= 0.3 is 0 Å². The first kappa shape index (κ1) is 21.2. The van der Waals surface area contributed by atoms with Crippen molar-refractivity contribution in [2.24, 2.45) is 0 Å². The Hall–Kier alpha value is -3.71. The number of H-pyrrole nitrogens is 1. The fourth-order valence-corrected chi connectivity index (χ4v) is 4.58. The van der Waals surface area contributed by atoms with Crippen molar-refractivity contribution in [1.29, 1.82) is 0 Å². The second-order valence-electron chi connectivity index (χ2n) is 7.88. The lowest BCUT2D eigenvalue weighted by atomic mass is 9.99. The summed E-state index contributed by atoms with van der Waals surface area (Å²) < 4.78 is 5.96. The van der Waals surface area contributed by atoms with E-state index in [1.807, 2.05) is 59.8 Å². The van der Waals surface area contributed by atoms with Crippen LogP contribution in [0.5, 0.6) is 5.75 Å². The molecule has 0 aliphatic carbocycles. The predicted octanol–water partition coefficient (Wildman–Crippen LogP) is 5.24. The second kappa shape index (κ2) is 9.42. The molecule has 0 bridgehead atoms. The number of hydrogen-bond acceptors (Lipinski definition) is 5. The van der Waals surface area contributed by atoms with Crippen molar-refractivity contribution in [3.8, 4) is 5.75 Å². The zero-order valence-corrected chi connectivity index (χ0v) is 19.1. The number of amides is 1. The van der Waals surface area contributed by atoms with Gasteiger partial charge in [-0.25, -0.2) is 9.97 Å². The minimum Gasteiger partial charge on any atom is -0.487 e. The molecule has 1 N–H and O–H groups in total. The number of fused-ring (bicyclic) bond motifs is 1. The van der Waals surface area contributed by atoms with Crippen LogP contribution in [0.4, 0.5) is 0 Å². The predicted molar refractivity (Wildman–Crippen MR) is 132 cm³/mol. The molecule has 0 atom stereocenters. The Labute approximate surface area is 196 Å². The third-order valence-corrected chi connectivity index (χ3v) is 6.51. The van der Waals surface area contributed by atoms with E-state index in [4.69, 9.17) is 4.74 Å². The van der Waals surface area contributed by atoms with E-state index in [1.54, 1.807) is 23.6 Å². The van der Waals surface area contributed by atoms with E-state index in [-0.39, 0.29) is 5.91 Å². The topological polar surface area (TPSA) is 71.1 Å². The first-order chi connectivity index (χ1) is 16.2. The number of thiazole rings is 1. The molecular weight excluding hydrogens is 432 g/mol. The number of para-hydroxylation sites is 1. The summed E-state index contributed by atoms with van der Waals surface area (Å²) in [7, 11) is 0. The molecule has 0 radical (unpaired) electrons. The van der Waals surface area contributed by atoms with Crippen molar-refractivity contribution in [2.75, 3.05) is 13.1 Å². The van der Waals surface area contributed by atoms with Crippen LogP contribution in [-0.2, 0) is 11.4 Å². The third kappa shape index (κ3) is 4.73. The minimum atomic E-state index is -0.00387. The van der Waals surface area contributed by atoms with E-state index < -0.39 is 0 Å². The Bertz CT molecular complexity index is 1350. The molecule has 1 amide bonds. The first-order valence-electron chi connectivity index (χ1n) is 10.9. The molecule has 166 valence electrons. The molecule has 6 nitrogen and oxygen atoms in total. The van der Waals surface area contributed by atoms with Crippen molar-refractivity contribution >= 4 is 39.9 Å². The highest BCUT2D eigenvalue weighted by Gasteiger charge is 2.18. The van der Waals surface area contributed by atoms with Gasteiger partial charge in [0, 0.05) is 53.5 Å². The number of aromatic nitrogens is 3. The van der Waals surface area contributed by atoms with Crippen molar-refractivity contribution in [2.45, 2.75) is 20.0 Å². The summed E-state index contributed by atoms with van der Waals surface area (Å²) in [6.07, 6.45) is 10.2. The minimum absolute atomic E-state index is 0.00387. The van der Waals surface area contributed by atoms with Crippen molar-refractivity contribution in [3.63, 3.8) is 0 Å². The Kier molecular flexibility index (Phi) is 6.04. The Morgan fingerprint density at radius 3 is 3.00 bits per heavy atom. The summed E-state index contributed by atoms with van der Waals surface area (Å²) in [4.78, 5) is 26.7. The summed E-state index contributed by atoms with van der Waals surface area (Å²) in [6.45, 7) is 3.66. The fraction of sp³-hybridized carbons (Fsp3) is 0.192. The molecule has 0 spiro atoms. The zero-order valence-electron chi connectivity index (χ0n) is 18.3. The molecule has 3 aromatic heterocycles. The van der Waals surface area contributed by atoms with Crippen LogP contribution >= 0.6 is 11.3 Å². The van der Waals surface area contributed by atoms with E-state index in [9.17, 15) is 4.79 Å². The van der Waals surface area contributed by atoms with E-state index >= 15 is 0 Å². The Morgan fingerprint density at radius 1 is 1.27 bits per heavy atom. The molecule has 33 heavy (non-hydrogen) atoms. The highest BCUT2D eigenvalue weighted by molar-refractivity contribution is 7.09. The number of nitrogens with zero attached hydrogens (tertiary/aromatic N) is 3. The number of carbonyl (C=O) groups is 1. The van der Waals surface area contributed by atoms with Gasteiger partial charge in [0.2, 0.25) is 5.91 Å². The van der Waals surface area contributed by atoms with Gasteiger partial charge in [0.1, 0.15) is 18.0 Å². The lowest BCUT2D eigenvalue weighted by Gasteiger charge is -2.25. The van der Waals surface area contributed by atoms with Gasteiger partial charge in [-0.2, -0.15) is 0 Å². The normalized spacial score (nSPS) is 14.1. The lowest BCUT2D eigenvalue weighted by Crippen LogP contribution is -2.33. The Balaban J connectivity index is 1.24. The maximum atomic E-state index is 12.8. The summed E-state index contributed by atoms with van der Waals surface area (Å²) >= 11 is 1.61. The number of hydrogen-bond donors (Lipinski definition) is 1. The second-order valence-corrected chi connectivity index (χ2v) is 8.95. The molecule has 4 aromatic rings. The number of aromatic amines is 1. The van der Waals surface area contributed by atoms with Gasteiger partial charge in [0.25, 0.3) is 0 Å². The van der Waals surface area contributed by atoms with Crippen LogP contribution in [0.15, 0.2) is 66.3 Å². The summed E-state index contributed by atoms with van der Waals surface area (Å²) in [5.74, 6) is 0.733. The highest BCUT2D eigenvalue weighted by atomic mass is 32.1. The molecule has 1 aliphatic rings. The SMILES string of the molecule is Cc1nc(COc2ccccc2/C=C\C(=O)N2CC=C(c3c[nH]c4ncccc34)CC2)cs1. The summed E-state index contributed by atoms with van der Waals surface area (Å²) in [5, 5.41) is 4.14. The largest absolute Gasteiger partial charge is 0.487 e. The van der Waals surface area contributed by atoms with Gasteiger partial charge in [-0.1, -0.05) is 24.3 Å². The maximum Gasteiger partial charge on any atom is 0.246 e. The Morgan fingerprint density at radius 2 is 2.18 bits per heavy atom. The van der Waals surface area contributed by atoms with Gasteiger partial charge in [-0.15, -0.1) is 11.3 Å². The molecular formula is C26H24N4O2S. The number of benzene rings is 1. The molecule has 1 aliphatic heterocycles. The fourth-order valence-electron chi connectivity index (χ4n) is 3.98. The van der Waals surface area contributed by atoms with Crippen LogP contribution in [0.2, 0.25) is 0 Å². The molecule has 0 fully saturated rings. The number of aryl methyl sites for hydroxylation is 1. The monoisotopic (exact) mass is 456 g/mol. The van der Waals surface area contributed by atoms with E-state index in [2.05, 4.69) is 27.1 Å². The van der Waals surface area contributed by atoms with Gasteiger partial charge in [-0.3, -0.25) is 4.79 Å². The standard InChI is InChI=1S/C26H24N4O2S/c1-18-29-21(17-33-18)16-32-24-7-3-2-5-20(24)8-9-25(31)30-13-10-19(11-14-30)23-15-28-26-22(23)6-4-12-27-26/h2-10,12,15,17H,11,13-14,16H2,1H3,(H,27,28)/b9-8-. The van der Waals surface area contributed by atoms with Crippen LogP contribution in [0.1, 0.15) is 28.2 Å². The number of ether oxygens (including phenoxy) is 1. The van der Waals surface area contributed by atoms with Crippen molar-refractivity contribution < 1.29 is 9.53 Å². The van der Waals surface area contributed by atoms with Crippen LogP contribution in [-0.4, -0.2) is 38.8 Å². The quantitative estimate of drug-likeness (QED) is 0.403. The van der Waals surface area contributed by atoms with Crippen LogP contribution in [0.3, 0.4) is 0 Å². The maximum absolute atomic E-state index is 12.8. The van der Waals surface area contributed by atoms with Gasteiger partial charge in [0.15, 0.2) is 0 Å². The lowest BCUT2D eigenvalue weighted by molar-refractivity contribution is -0.125. The van der Waals surface area contributed by atoms with E-state index in [0.29, 0.717) is 19.7 Å². The molecule has 1 aromatic carbocycles. The highest BCUT2D eigenvalue weighted by Crippen LogP contribution is 2.28. The summed E-state index contributed by atoms with van der Waals surface area (Å²) in [6, 6.07) is 11.8. The van der Waals surface area contributed by atoms with Crippen molar-refractivity contribution in [3.05, 3.63) is 88.2 Å². The molecule has 5 rings (SSSR count). The van der Waals surface area contributed by atoms with Crippen LogP contribution < -0.4 is 4.74 Å². The third-order valence-electron chi connectivity index (χ3n) is 5.68. The molecule has 0 saturated carbocycles.